The molecule has 1 atom stereocenters. The van der Waals surface area contributed by atoms with E-state index in [2.05, 4.69) is 55.6 Å². The van der Waals surface area contributed by atoms with Crippen molar-refractivity contribution in [1.82, 2.24) is 15.3 Å². The number of fused-ring (bicyclic) bond motifs is 1. The molecular formula is C27H35BrN4O4. The molecule has 2 aromatic carbocycles. The molecule has 0 radical (unpaired) electrons. The molecule has 0 fully saturated rings. The number of methoxy groups -OCH3 is 1. The first-order chi connectivity index (χ1) is 17.4. The van der Waals surface area contributed by atoms with E-state index in [1.165, 1.54) is 0 Å². The van der Waals surface area contributed by atoms with Gasteiger partial charge in [0.1, 0.15) is 11.6 Å². The van der Waals surface area contributed by atoms with Crippen LogP contribution >= 0.6 is 15.9 Å². The summed E-state index contributed by atoms with van der Waals surface area (Å²) in [5.74, 6) is 2.77. The van der Waals surface area contributed by atoms with Gasteiger partial charge in [-0.25, -0.2) is 14.8 Å². The highest BCUT2D eigenvalue weighted by Crippen LogP contribution is 2.35. The van der Waals surface area contributed by atoms with Crippen molar-refractivity contribution in [2.75, 3.05) is 25.6 Å². The molecule has 0 spiro atoms. The predicted octanol–water partition coefficient (Wildman–Crippen LogP) is 6.87. The number of amides is 1. The van der Waals surface area contributed by atoms with E-state index < -0.39 is 6.09 Å². The van der Waals surface area contributed by atoms with Crippen LogP contribution in [0.3, 0.4) is 0 Å². The largest absolute Gasteiger partial charge is 0.493 e. The number of ether oxygens (including phenoxy) is 2. The number of hydrogen-bond donors (Lipinski definition) is 3. The fourth-order valence-corrected chi connectivity index (χ4v) is 4.43. The van der Waals surface area contributed by atoms with Crippen LogP contribution in [0, 0.1) is 6.92 Å². The minimum Gasteiger partial charge on any atom is -0.493 e. The van der Waals surface area contributed by atoms with Gasteiger partial charge in [-0.05, 0) is 50.5 Å². The van der Waals surface area contributed by atoms with E-state index in [1.807, 2.05) is 31.2 Å². The average molecular weight is 560 g/mol. The molecule has 3 N–H and O–H groups in total. The SMILES string of the molecule is COc1cc2c(NC(C)c3cccc(Br)c3)nc(C)nc2cc1OCCCCCCCCNC(=O)O. The van der Waals surface area contributed by atoms with Crippen LogP contribution in [0.5, 0.6) is 11.5 Å². The Kier molecular flexibility index (Phi) is 10.6. The molecule has 0 aliphatic heterocycles. The first-order valence-corrected chi connectivity index (χ1v) is 13.1. The number of rotatable bonds is 14. The molecule has 1 unspecified atom stereocenters. The number of aryl methyl sites for hydroxylation is 1. The van der Waals surface area contributed by atoms with Crippen molar-refractivity contribution in [3.05, 3.63) is 52.3 Å². The number of anilines is 1. The molecule has 0 aliphatic carbocycles. The molecule has 3 rings (SSSR count). The third kappa shape index (κ3) is 8.26. The zero-order valence-electron chi connectivity index (χ0n) is 21.1. The summed E-state index contributed by atoms with van der Waals surface area (Å²) < 4.78 is 12.7. The van der Waals surface area contributed by atoms with Crippen LogP contribution in [-0.2, 0) is 0 Å². The van der Waals surface area contributed by atoms with E-state index in [4.69, 9.17) is 14.6 Å². The smallest absolute Gasteiger partial charge is 0.404 e. The van der Waals surface area contributed by atoms with Crippen molar-refractivity contribution >= 4 is 38.7 Å². The average Bonchev–Trinajstić information content (AvgIpc) is 2.84. The Morgan fingerprint density at radius 1 is 1.06 bits per heavy atom. The number of halogens is 1. The Bertz CT molecular complexity index is 1160. The fourth-order valence-electron chi connectivity index (χ4n) is 4.01. The van der Waals surface area contributed by atoms with Crippen LogP contribution in [0.1, 0.15) is 62.9 Å². The normalized spacial score (nSPS) is 11.8. The summed E-state index contributed by atoms with van der Waals surface area (Å²) in [7, 11) is 1.64. The summed E-state index contributed by atoms with van der Waals surface area (Å²) in [4.78, 5) is 19.7. The van der Waals surface area contributed by atoms with Gasteiger partial charge in [0.15, 0.2) is 11.5 Å². The lowest BCUT2D eigenvalue weighted by Gasteiger charge is -2.18. The number of nitrogens with zero attached hydrogens (tertiary/aromatic N) is 2. The number of hydrogen-bond acceptors (Lipinski definition) is 6. The highest BCUT2D eigenvalue weighted by Gasteiger charge is 2.15. The van der Waals surface area contributed by atoms with Crippen molar-refractivity contribution in [2.45, 2.75) is 58.4 Å². The Hall–Kier alpha value is -3.07. The summed E-state index contributed by atoms with van der Waals surface area (Å²) in [6.45, 7) is 5.10. The van der Waals surface area contributed by atoms with Gasteiger partial charge in [-0.2, -0.15) is 0 Å². The van der Waals surface area contributed by atoms with Gasteiger partial charge in [0.25, 0.3) is 0 Å². The van der Waals surface area contributed by atoms with Crippen LogP contribution in [0.4, 0.5) is 10.6 Å². The van der Waals surface area contributed by atoms with Gasteiger partial charge in [-0.3, -0.25) is 0 Å². The van der Waals surface area contributed by atoms with E-state index in [0.717, 1.165) is 65.3 Å². The molecular weight excluding hydrogens is 524 g/mol. The second kappa shape index (κ2) is 13.9. The Balaban J connectivity index is 1.59. The zero-order valence-corrected chi connectivity index (χ0v) is 22.7. The van der Waals surface area contributed by atoms with Crippen LogP contribution in [0.15, 0.2) is 40.9 Å². The molecule has 0 saturated heterocycles. The maximum atomic E-state index is 10.4. The molecule has 0 saturated carbocycles. The third-order valence-corrected chi connectivity index (χ3v) is 6.39. The van der Waals surface area contributed by atoms with Gasteiger partial charge in [0.05, 0.1) is 25.3 Å². The molecule has 36 heavy (non-hydrogen) atoms. The number of carboxylic acid groups (broad SMARTS) is 1. The maximum absolute atomic E-state index is 10.4. The van der Waals surface area contributed by atoms with Crippen molar-refractivity contribution in [3.8, 4) is 11.5 Å². The molecule has 1 amide bonds. The molecule has 1 heterocycles. The highest BCUT2D eigenvalue weighted by molar-refractivity contribution is 9.10. The second-order valence-corrected chi connectivity index (χ2v) is 9.68. The second-order valence-electron chi connectivity index (χ2n) is 8.76. The highest BCUT2D eigenvalue weighted by atomic mass is 79.9. The number of aromatic nitrogens is 2. The van der Waals surface area contributed by atoms with Gasteiger partial charge in [0, 0.05) is 22.5 Å². The molecule has 3 aromatic rings. The van der Waals surface area contributed by atoms with Crippen molar-refractivity contribution < 1.29 is 19.4 Å². The van der Waals surface area contributed by atoms with Crippen molar-refractivity contribution in [1.29, 1.82) is 0 Å². The lowest BCUT2D eigenvalue weighted by atomic mass is 10.1. The van der Waals surface area contributed by atoms with E-state index in [0.29, 0.717) is 30.5 Å². The Morgan fingerprint density at radius 3 is 2.53 bits per heavy atom. The number of benzene rings is 2. The lowest BCUT2D eigenvalue weighted by molar-refractivity contribution is 0.194. The lowest BCUT2D eigenvalue weighted by Crippen LogP contribution is -2.21. The molecule has 0 aliphatic rings. The number of carbonyl (C=O) groups is 1. The van der Waals surface area contributed by atoms with E-state index >= 15 is 0 Å². The van der Waals surface area contributed by atoms with Gasteiger partial charge in [-0.1, -0.05) is 53.7 Å². The van der Waals surface area contributed by atoms with E-state index in [1.54, 1.807) is 7.11 Å². The Labute approximate surface area is 221 Å². The zero-order chi connectivity index (χ0) is 25.9. The summed E-state index contributed by atoms with van der Waals surface area (Å²) in [6, 6.07) is 12.1. The number of unbranched alkanes of at least 4 members (excludes halogenated alkanes) is 5. The molecule has 0 bridgehead atoms. The topological polar surface area (TPSA) is 106 Å². The quantitative estimate of drug-likeness (QED) is 0.185. The molecule has 9 heteroatoms. The minimum atomic E-state index is -0.958. The van der Waals surface area contributed by atoms with Gasteiger partial charge < -0.3 is 25.2 Å². The van der Waals surface area contributed by atoms with Crippen LogP contribution in [0.2, 0.25) is 0 Å². The van der Waals surface area contributed by atoms with Crippen LogP contribution in [0.25, 0.3) is 10.9 Å². The van der Waals surface area contributed by atoms with Crippen molar-refractivity contribution in [3.63, 3.8) is 0 Å². The summed E-state index contributed by atoms with van der Waals surface area (Å²) in [5.41, 5.74) is 1.95. The van der Waals surface area contributed by atoms with E-state index in [9.17, 15) is 4.79 Å². The maximum Gasteiger partial charge on any atom is 0.404 e. The van der Waals surface area contributed by atoms with Gasteiger partial charge in [-0.15, -0.1) is 0 Å². The summed E-state index contributed by atoms with van der Waals surface area (Å²) in [5, 5.41) is 15.4. The van der Waals surface area contributed by atoms with Crippen LogP contribution < -0.4 is 20.1 Å². The van der Waals surface area contributed by atoms with Crippen LogP contribution in [-0.4, -0.2) is 41.4 Å². The molecule has 194 valence electrons. The first kappa shape index (κ1) is 27.5. The molecule has 1 aromatic heterocycles. The number of nitrogens with one attached hydrogen (secondary N) is 2. The minimum absolute atomic E-state index is 0.0513. The monoisotopic (exact) mass is 558 g/mol. The first-order valence-electron chi connectivity index (χ1n) is 12.4. The molecule has 8 nitrogen and oxygen atoms in total. The fraction of sp³-hybridized carbons (Fsp3) is 0.444. The van der Waals surface area contributed by atoms with Gasteiger partial charge in [0.2, 0.25) is 0 Å². The summed E-state index contributed by atoms with van der Waals surface area (Å²) >= 11 is 3.54. The Morgan fingerprint density at radius 2 is 1.81 bits per heavy atom. The van der Waals surface area contributed by atoms with E-state index in [-0.39, 0.29) is 6.04 Å². The third-order valence-electron chi connectivity index (χ3n) is 5.90. The van der Waals surface area contributed by atoms with Crippen molar-refractivity contribution in [2.24, 2.45) is 0 Å². The predicted molar refractivity (Wildman–Crippen MR) is 146 cm³/mol. The van der Waals surface area contributed by atoms with Gasteiger partial charge >= 0.3 is 6.09 Å². The summed E-state index contributed by atoms with van der Waals surface area (Å²) in [6.07, 6.45) is 5.12. The standard InChI is InChI=1S/C27H35BrN4O4/c1-18(20-11-10-12-21(28)15-20)30-26-22-16-24(35-3)25(17-23(22)31-19(2)32-26)36-14-9-7-5-4-6-8-13-29-27(33)34/h10-12,15-18,29H,4-9,13-14H2,1-3H3,(H,33,34)(H,30,31,32).